The van der Waals surface area contributed by atoms with Gasteiger partial charge in [0.25, 0.3) is 0 Å². The number of aryl methyl sites for hydroxylation is 1. The number of fused-ring (bicyclic) bond motifs is 1. The third-order valence-electron chi connectivity index (χ3n) is 3.79. The van der Waals surface area contributed by atoms with E-state index in [0.29, 0.717) is 37.2 Å². The minimum Gasteiger partial charge on any atom is -0.477 e. The van der Waals surface area contributed by atoms with Crippen LogP contribution in [0.4, 0.5) is 9.59 Å². The summed E-state index contributed by atoms with van der Waals surface area (Å²) in [5, 5.41) is 25.5. The predicted molar refractivity (Wildman–Crippen MR) is 90.2 cm³/mol. The van der Waals surface area contributed by atoms with E-state index in [9.17, 15) is 19.5 Å². The average molecular weight is 368 g/mol. The van der Waals surface area contributed by atoms with Crippen molar-refractivity contribution in [3.63, 3.8) is 0 Å². The van der Waals surface area contributed by atoms with Crippen LogP contribution in [0.5, 0.6) is 0 Å². The van der Waals surface area contributed by atoms with Gasteiger partial charge in [-0.15, -0.1) is 0 Å². The van der Waals surface area contributed by atoms with Crippen LogP contribution in [0.3, 0.4) is 0 Å². The number of carbonyl (C=O) groups excluding carboxylic acids is 1. The number of rotatable bonds is 5. The van der Waals surface area contributed by atoms with Crippen LogP contribution in [0.1, 0.15) is 48.9 Å². The van der Waals surface area contributed by atoms with Crippen LogP contribution in [0.15, 0.2) is 0 Å². The highest BCUT2D eigenvalue weighted by atomic mass is 16.6. The van der Waals surface area contributed by atoms with Crippen molar-refractivity contribution < 1.29 is 29.3 Å². The van der Waals surface area contributed by atoms with Crippen LogP contribution in [0.25, 0.3) is 0 Å². The number of nitrogens with one attached hydrogen (secondary N) is 1. The molecule has 3 N–H and O–H groups in total. The number of amides is 2. The number of hydrogen-bond donors (Lipinski definition) is 3. The zero-order valence-corrected chi connectivity index (χ0v) is 15.1. The Kier molecular flexibility index (Phi) is 5.73. The number of carboxylic acids is 1. The fourth-order valence-corrected chi connectivity index (χ4v) is 2.72. The molecule has 1 aromatic rings. The second-order valence-electron chi connectivity index (χ2n) is 7.04. The first-order valence-corrected chi connectivity index (χ1v) is 8.35. The lowest BCUT2D eigenvalue weighted by Crippen LogP contribution is -2.35. The van der Waals surface area contributed by atoms with Gasteiger partial charge < -0.3 is 25.2 Å². The summed E-state index contributed by atoms with van der Waals surface area (Å²) in [5.41, 5.74) is 0.465. The third kappa shape index (κ3) is 4.87. The minimum atomic E-state index is -1.15. The molecule has 144 valence electrons. The van der Waals surface area contributed by atoms with Gasteiger partial charge in [0, 0.05) is 31.6 Å². The highest BCUT2D eigenvalue weighted by Crippen LogP contribution is 2.23. The van der Waals surface area contributed by atoms with Crippen molar-refractivity contribution >= 4 is 18.2 Å². The highest BCUT2D eigenvalue weighted by Gasteiger charge is 2.29. The van der Waals surface area contributed by atoms with E-state index in [4.69, 9.17) is 9.84 Å². The number of carbonyl (C=O) groups is 3. The maximum atomic E-state index is 11.6. The molecule has 0 aliphatic carbocycles. The zero-order valence-electron chi connectivity index (χ0n) is 15.1. The maximum absolute atomic E-state index is 11.6. The largest absolute Gasteiger partial charge is 0.477 e. The van der Waals surface area contributed by atoms with Crippen molar-refractivity contribution in [1.29, 1.82) is 0 Å². The summed E-state index contributed by atoms with van der Waals surface area (Å²) < 4.78 is 6.49. The zero-order chi connectivity index (χ0) is 19.5. The van der Waals surface area contributed by atoms with E-state index < -0.39 is 23.8 Å². The molecule has 2 heterocycles. The first-order chi connectivity index (χ1) is 12.1. The molecule has 0 saturated heterocycles. The molecule has 0 unspecified atom stereocenters. The number of hydrogen-bond acceptors (Lipinski definition) is 5. The molecular formula is C16H24N4O6. The molecule has 1 aromatic heterocycles. The van der Waals surface area contributed by atoms with Crippen LogP contribution >= 0.6 is 0 Å². The fourth-order valence-electron chi connectivity index (χ4n) is 2.72. The van der Waals surface area contributed by atoms with Crippen molar-refractivity contribution in [3.05, 3.63) is 17.0 Å². The Hall–Kier alpha value is -2.78. The molecule has 0 aromatic carbocycles. The van der Waals surface area contributed by atoms with Gasteiger partial charge in [0.15, 0.2) is 5.69 Å². The minimum absolute atomic E-state index is 0.00298. The number of alkyl carbamates (subject to hydrolysis) is 1. The third-order valence-corrected chi connectivity index (χ3v) is 3.79. The Labute approximate surface area is 150 Å². The van der Waals surface area contributed by atoms with Gasteiger partial charge in [0.05, 0.1) is 12.2 Å². The monoisotopic (exact) mass is 368 g/mol. The molecule has 1 aliphatic rings. The second kappa shape index (κ2) is 7.63. The van der Waals surface area contributed by atoms with Gasteiger partial charge in [-0.2, -0.15) is 5.10 Å². The second-order valence-corrected chi connectivity index (χ2v) is 7.04. The quantitative estimate of drug-likeness (QED) is 0.671. The smallest absolute Gasteiger partial charge is 0.407 e. The van der Waals surface area contributed by atoms with E-state index in [-0.39, 0.29) is 18.8 Å². The summed E-state index contributed by atoms with van der Waals surface area (Å²) in [6, 6.07) is 0. The molecule has 1 aliphatic heterocycles. The Bertz CT molecular complexity index is 706. The molecule has 0 radical (unpaired) electrons. The molecule has 0 spiro atoms. The lowest BCUT2D eigenvalue weighted by molar-refractivity contribution is 0.0524. The Morgan fingerprint density at radius 3 is 2.54 bits per heavy atom. The van der Waals surface area contributed by atoms with E-state index in [2.05, 4.69) is 10.4 Å². The van der Waals surface area contributed by atoms with Crippen molar-refractivity contribution in [3.8, 4) is 0 Å². The number of aromatic nitrogens is 2. The number of nitrogens with zero attached hydrogens (tertiary/aromatic N) is 3. The van der Waals surface area contributed by atoms with Crippen LogP contribution in [0.2, 0.25) is 0 Å². The van der Waals surface area contributed by atoms with Gasteiger partial charge in [-0.3, -0.25) is 4.68 Å². The van der Waals surface area contributed by atoms with Crippen molar-refractivity contribution in [2.24, 2.45) is 0 Å². The first-order valence-electron chi connectivity index (χ1n) is 8.35. The standard InChI is InChI=1S/C16H24N4O6/c1-16(2,3)26-14(23)17-6-4-7-20-12(13(21)22)10-9-19(15(24)25)8-5-11(10)18-20/h4-9H2,1-3H3,(H,17,23)(H,21,22)(H,24,25). The van der Waals surface area contributed by atoms with E-state index in [1.165, 1.54) is 9.58 Å². The molecule has 0 fully saturated rings. The molecule has 2 amide bonds. The van der Waals surface area contributed by atoms with Crippen LogP contribution in [0, 0.1) is 0 Å². The van der Waals surface area contributed by atoms with Gasteiger partial charge >= 0.3 is 18.2 Å². The van der Waals surface area contributed by atoms with Gasteiger partial charge in [-0.05, 0) is 27.2 Å². The Morgan fingerprint density at radius 2 is 1.96 bits per heavy atom. The van der Waals surface area contributed by atoms with Gasteiger partial charge in [0.2, 0.25) is 0 Å². The van der Waals surface area contributed by atoms with Gasteiger partial charge in [-0.1, -0.05) is 0 Å². The topological polar surface area (TPSA) is 134 Å². The van der Waals surface area contributed by atoms with Gasteiger partial charge in [0.1, 0.15) is 5.60 Å². The first kappa shape index (κ1) is 19.5. The maximum Gasteiger partial charge on any atom is 0.407 e. The van der Waals surface area contributed by atoms with E-state index in [1.54, 1.807) is 20.8 Å². The van der Waals surface area contributed by atoms with Crippen molar-refractivity contribution in [1.82, 2.24) is 20.0 Å². The summed E-state index contributed by atoms with van der Waals surface area (Å²) in [4.78, 5) is 35.5. The molecule has 10 nitrogen and oxygen atoms in total. The van der Waals surface area contributed by atoms with Crippen LogP contribution in [-0.4, -0.2) is 61.7 Å². The van der Waals surface area contributed by atoms with Crippen molar-refractivity contribution in [2.45, 2.75) is 52.3 Å². The summed E-state index contributed by atoms with van der Waals surface area (Å²) in [6.07, 6.45) is -0.775. The molecular weight excluding hydrogens is 344 g/mol. The van der Waals surface area contributed by atoms with E-state index in [1.807, 2.05) is 0 Å². The van der Waals surface area contributed by atoms with E-state index >= 15 is 0 Å². The SMILES string of the molecule is CC(C)(C)OC(=O)NCCCn1nc2c(c1C(=O)O)CN(C(=O)O)CC2. The lowest BCUT2D eigenvalue weighted by atomic mass is 10.1. The molecule has 26 heavy (non-hydrogen) atoms. The summed E-state index contributed by atoms with van der Waals surface area (Å²) in [7, 11) is 0. The molecule has 0 atom stereocenters. The molecule has 2 rings (SSSR count). The lowest BCUT2D eigenvalue weighted by Gasteiger charge is -2.23. The summed E-state index contributed by atoms with van der Waals surface area (Å²) in [5.74, 6) is -1.15. The normalized spacial score (nSPS) is 13.9. The van der Waals surface area contributed by atoms with Gasteiger partial charge in [-0.25, -0.2) is 14.4 Å². The van der Waals surface area contributed by atoms with Crippen LogP contribution in [-0.2, 0) is 24.2 Å². The number of ether oxygens (including phenoxy) is 1. The Morgan fingerprint density at radius 1 is 1.27 bits per heavy atom. The molecule has 0 saturated carbocycles. The van der Waals surface area contributed by atoms with Crippen molar-refractivity contribution in [2.75, 3.05) is 13.1 Å². The molecule has 10 heteroatoms. The Balaban J connectivity index is 1.99. The number of carboxylic acid groups (broad SMARTS) is 2. The summed E-state index contributed by atoms with van der Waals surface area (Å²) >= 11 is 0. The summed E-state index contributed by atoms with van der Waals surface area (Å²) in [6.45, 7) is 6.19. The number of aromatic carboxylic acids is 1. The van der Waals surface area contributed by atoms with Crippen LogP contribution < -0.4 is 5.32 Å². The van der Waals surface area contributed by atoms with E-state index in [0.717, 1.165) is 0 Å². The fraction of sp³-hybridized carbons (Fsp3) is 0.625. The highest BCUT2D eigenvalue weighted by molar-refractivity contribution is 5.88. The molecule has 0 bridgehead atoms. The average Bonchev–Trinajstić information content (AvgIpc) is 2.87. The predicted octanol–water partition coefficient (Wildman–Crippen LogP) is 1.53.